The van der Waals surface area contributed by atoms with E-state index < -0.39 is 0 Å². The van der Waals surface area contributed by atoms with E-state index in [2.05, 4.69) is 6.07 Å². The van der Waals surface area contributed by atoms with E-state index in [1.54, 1.807) is 0 Å². The van der Waals surface area contributed by atoms with E-state index in [0.29, 0.717) is 5.92 Å². The highest BCUT2D eigenvalue weighted by atomic mass is 14.3. The molecule has 0 aromatic rings. The zero-order chi connectivity index (χ0) is 7.23. The highest BCUT2D eigenvalue weighted by Crippen LogP contribution is 2.20. The quantitative estimate of drug-likeness (QED) is 0.503. The topological polar surface area (TPSA) is 23.8 Å². The number of rotatable bonds is 0. The summed E-state index contributed by atoms with van der Waals surface area (Å²) in [5, 5.41) is 8.66. The Labute approximate surface area is 63.0 Å². The second kappa shape index (κ2) is 4.33. The molecule has 1 nitrogen and oxygen atoms in total. The van der Waals surface area contributed by atoms with Gasteiger partial charge in [0.05, 0.1) is 6.07 Å². The first-order valence-electron chi connectivity index (χ1n) is 4.33. The van der Waals surface area contributed by atoms with Gasteiger partial charge < -0.3 is 0 Å². The second-order valence-electron chi connectivity index (χ2n) is 3.17. The van der Waals surface area contributed by atoms with Crippen LogP contribution in [-0.4, -0.2) is 0 Å². The predicted octanol–water partition coefficient (Wildman–Crippen LogP) is 2.87. The number of nitrogens with zero attached hydrogens (tertiary/aromatic N) is 1. The Balaban J connectivity index is 2.24. The van der Waals surface area contributed by atoms with E-state index in [4.69, 9.17) is 5.26 Å². The summed E-state index contributed by atoms with van der Waals surface area (Å²) in [5.41, 5.74) is 0. The fourth-order valence-electron chi connectivity index (χ4n) is 1.59. The third kappa shape index (κ3) is 2.39. The lowest BCUT2D eigenvalue weighted by Crippen LogP contribution is -2.00. The smallest absolute Gasteiger partial charge is 0.0655 e. The van der Waals surface area contributed by atoms with Crippen LogP contribution in [0.25, 0.3) is 0 Å². The Morgan fingerprint density at radius 2 is 1.40 bits per heavy atom. The van der Waals surface area contributed by atoms with Crippen LogP contribution >= 0.6 is 0 Å². The molecular formula is C9H15N. The fourth-order valence-corrected chi connectivity index (χ4v) is 1.59. The van der Waals surface area contributed by atoms with Gasteiger partial charge >= 0.3 is 0 Å². The summed E-state index contributed by atoms with van der Waals surface area (Å²) in [6.07, 6.45) is 8.93. The van der Waals surface area contributed by atoms with Crippen molar-refractivity contribution < 1.29 is 0 Å². The third-order valence-corrected chi connectivity index (χ3v) is 2.29. The first kappa shape index (κ1) is 7.60. The van der Waals surface area contributed by atoms with Gasteiger partial charge in [0.2, 0.25) is 0 Å². The van der Waals surface area contributed by atoms with E-state index in [0.717, 1.165) is 12.8 Å². The molecule has 1 aliphatic carbocycles. The molecule has 0 bridgehead atoms. The van der Waals surface area contributed by atoms with Gasteiger partial charge in [0.25, 0.3) is 0 Å². The molecule has 1 rings (SSSR count). The molecule has 0 aliphatic heterocycles. The van der Waals surface area contributed by atoms with Crippen molar-refractivity contribution in [3.05, 3.63) is 0 Å². The summed E-state index contributed by atoms with van der Waals surface area (Å²) >= 11 is 0. The lowest BCUT2D eigenvalue weighted by Gasteiger charge is -2.11. The molecule has 10 heavy (non-hydrogen) atoms. The minimum Gasteiger partial charge on any atom is -0.198 e. The van der Waals surface area contributed by atoms with Crippen molar-refractivity contribution in [1.29, 1.82) is 5.26 Å². The standard InChI is InChI=1S/C9H15N/c10-8-9-6-4-2-1-3-5-7-9/h9H,1-7H2. The molecule has 1 saturated carbocycles. The van der Waals surface area contributed by atoms with Gasteiger partial charge in [-0.1, -0.05) is 32.1 Å². The van der Waals surface area contributed by atoms with Gasteiger partial charge in [-0.05, 0) is 12.8 Å². The summed E-state index contributed by atoms with van der Waals surface area (Å²) in [7, 11) is 0. The lowest BCUT2D eigenvalue weighted by molar-refractivity contribution is 0.441. The molecule has 0 heterocycles. The van der Waals surface area contributed by atoms with E-state index in [1.165, 1.54) is 32.1 Å². The SMILES string of the molecule is N#CC1CCCCCCC1. The zero-order valence-corrected chi connectivity index (χ0v) is 6.47. The Kier molecular flexibility index (Phi) is 3.29. The number of nitriles is 1. The molecule has 56 valence electrons. The van der Waals surface area contributed by atoms with Crippen LogP contribution in [0, 0.1) is 17.2 Å². The highest BCUT2D eigenvalue weighted by Gasteiger charge is 2.08. The summed E-state index contributed by atoms with van der Waals surface area (Å²) in [4.78, 5) is 0. The van der Waals surface area contributed by atoms with Crippen molar-refractivity contribution in [1.82, 2.24) is 0 Å². The van der Waals surface area contributed by atoms with Gasteiger partial charge in [0.1, 0.15) is 0 Å². The monoisotopic (exact) mass is 137 g/mol. The van der Waals surface area contributed by atoms with Crippen LogP contribution in [-0.2, 0) is 0 Å². The molecule has 1 aliphatic rings. The van der Waals surface area contributed by atoms with Crippen LogP contribution in [0.5, 0.6) is 0 Å². The normalized spacial score (nSPS) is 22.7. The molecular weight excluding hydrogens is 122 g/mol. The molecule has 0 amide bonds. The molecule has 0 radical (unpaired) electrons. The molecule has 0 atom stereocenters. The number of hydrogen-bond donors (Lipinski definition) is 0. The molecule has 0 N–H and O–H groups in total. The minimum atomic E-state index is 0.375. The zero-order valence-electron chi connectivity index (χ0n) is 6.47. The Morgan fingerprint density at radius 3 is 1.90 bits per heavy atom. The van der Waals surface area contributed by atoms with Crippen LogP contribution in [0.2, 0.25) is 0 Å². The van der Waals surface area contributed by atoms with Crippen LogP contribution < -0.4 is 0 Å². The molecule has 0 aromatic carbocycles. The van der Waals surface area contributed by atoms with Crippen LogP contribution in [0.15, 0.2) is 0 Å². The molecule has 0 aromatic heterocycles. The summed E-state index contributed by atoms with van der Waals surface area (Å²) in [5.74, 6) is 0.375. The van der Waals surface area contributed by atoms with Crippen molar-refractivity contribution >= 4 is 0 Å². The van der Waals surface area contributed by atoms with Gasteiger partial charge in [0, 0.05) is 5.92 Å². The fraction of sp³-hybridized carbons (Fsp3) is 0.889. The summed E-state index contributed by atoms with van der Waals surface area (Å²) in [6.45, 7) is 0. The maximum atomic E-state index is 8.66. The van der Waals surface area contributed by atoms with Crippen molar-refractivity contribution in [2.75, 3.05) is 0 Å². The molecule has 1 fully saturated rings. The van der Waals surface area contributed by atoms with Crippen LogP contribution in [0.4, 0.5) is 0 Å². The molecule has 0 saturated heterocycles. The Hall–Kier alpha value is -0.510. The highest BCUT2D eigenvalue weighted by molar-refractivity contribution is 4.82. The van der Waals surface area contributed by atoms with Gasteiger partial charge in [0.15, 0.2) is 0 Å². The maximum absolute atomic E-state index is 8.66. The van der Waals surface area contributed by atoms with E-state index in [-0.39, 0.29) is 0 Å². The lowest BCUT2D eigenvalue weighted by atomic mass is 9.92. The third-order valence-electron chi connectivity index (χ3n) is 2.29. The van der Waals surface area contributed by atoms with E-state index >= 15 is 0 Å². The van der Waals surface area contributed by atoms with E-state index in [1.807, 2.05) is 0 Å². The number of hydrogen-bond acceptors (Lipinski definition) is 1. The van der Waals surface area contributed by atoms with Gasteiger partial charge in [-0.3, -0.25) is 0 Å². The maximum Gasteiger partial charge on any atom is 0.0655 e. The van der Waals surface area contributed by atoms with Gasteiger partial charge in [-0.15, -0.1) is 0 Å². The Bertz CT molecular complexity index is 115. The van der Waals surface area contributed by atoms with Crippen molar-refractivity contribution in [3.63, 3.8) is 0 Å². The Morgan fingerprint density at radius 1 is 0.900 bits per heavy atom. The van der Waals surface area contributed by atoms with Crippen LogP contribution in [0.3, 0.4) is 0 Å². The minimum absolute atomic E-state index is 0.375. The van der Waals surface area contributed by atoms with Gasteiger partial charge in [-0.2, -0.15) is 5.26 Å². The molecule has 0 unspecified atom stereocenters. The second-order valence-corrected chi connectivity index (χ2v) is 3.17. The van der Waals surface area contributed by atoms with Crippen molar-refractivity contribution in [3.8, 4) is 6.07 Å². The average molecular weight is 137 g/mol. The summed E-state index contributed by atoms with van der Waals surface area (Å²) in [6, 6.07) is 2.37. The van der Waals surface area contributed by atoms with Crippen molar-refractivity contribution in [2.45, 2.75) is 44.9 Å². The van der Waals surface area contributed by atoms with Crippen LogP contribution in [0.1, 0.15) is 44.9 Å². The predicted molar refractivity (Wildman–Crippen MR) is 41.4 cm³/mol. The van der Waals surface area contributed by atoms with Gasteiger partial charge in [-0.25, -0.2) is 0 Å². The van der Waals surface area contributed by atoms with Crippen molar-refractivity contribution in [2.24, 2.45) is 5.92 Å². The first-order chi connectivity index (χ1) is 4.93. The molecule has 0 spiro atoms. The largest absolute Gasteiger partial charge is 0.198 e. The first-order valence-corrected chi connectivity index (χ1v) is 4.33. The average Bonchev–Trinajstić information content (AvgIpc) is 1.87. The molecule has 1 heteroatoms. The summed E-state index contributed by atoms with van der Waals surface area (Å²) < 4.78 is 0. The van der Waals surface area contributed by atoms with E-state index in [9.17, 15) is 0 Å².